The Balaban J connectivity index is 2.02. The van der Waals surface area contributed by atoms with Gasteiger partial charge < -0.3 is 0 Å². The number of nitrogens with zero attached hydrogens (tertiary/aromatic N) is 1. The topological polar surface area (TPSA) is 20.3 Å². The number of Topliss-reactive ketones (excluding diaryl/α,β-unsaturated/α-hetero) is 1. The standard InChI is InChI=1S/C24H27NO/c1-17(2)25-15-22(13-20-11-7-5-9-18(20)3)24(26)23(16-25)14-21-12-8-6-10-19(21)4/h5-14,17H,15-16H2,1-4H3. The first-order valence-electron chi connectivity index (χ1n) is 9.27. The van der Waals surface area contributed by atoms with Gasteiger partial charge in [0.2, 0.25) is 0 Å². The molecule has 1 saturated heterocycles. The number of rotatable bonds is 3. The maximum absolute atomic E-state index is 13.2. The molecule has 0 aliphatic carbocycles. The average molecular weight is 345 g/mol. The highest BCUT2D eigenvalue weighted by Gasteiger charge is 2.27. The molecule has 1 fully saturated rings. The van der Waals surface area contributed by atoms with Crippen LogP contribution in [0.3, 0.4) is 0 Å². The zero-order valence-corrected chi connectivity index (χ0v) is 16.1. The molecule has 2 aromatic rings. The van der Waals surface area contributed by atoms with Crippen LogP contribution in [-0.2, 0) is 4.79 Å². The van der Waals surface area contributed by atoms with Crippen LogP contribution in [0.15, 0.2) is 59.7 Å². The molecule has 0 spiro atoms. The van der Waals surface area contributed by atoms with Gasteiger partial charge in [0.1, 0.15) is 0 Å². The maximum Gasteiger partial charge on any atom is 0.187 e. The van der Waals surface area contributed by atoms with Crippen molar-refractivity contribution >= 4 is 17.9 Å². The first-order valence-corrected chi connectivity index (χ1v) is 9.27. The summed E-state index contributed by atoms with van der Waals surface area (Å²) >= 11 is 0. The average Bonchev–Trinajstić information content (AvgIpc) is 2.61. The minimum atomic E-state index is 0.174. The lowest BCUT2D eigenvalue weighted by atomic mass is 9.92. The summed E-state index contributed by atoms with van der Waals surface area (Å²) in [5, 5.41) is 0. The molecule has 26 heavy (non-hydrogen) atoms. The molecule has 2 heteroatoms. The number of likely N-dealkylation sites (tertiary alicyclic amines) is 1. The summed E-state index contributed by atoms with van der Waals surface area (Å²) in [6, 6.07) is 16.8. The lowest BCUT2D eigenvalue weighted by molar-refractivity contribution is -0.113. The highest BCUT2D eigenvalue weighted by molar-refractivity contribution is 6.14. The van der Waals surface area contributed by atoms with Crippen LogP contribution < -0.4 is 0 Å². The smallest absolute Gasteiger partial charge is 0.187 e. The number of hydrogen-bond donors (Lipinski definition) is 0. The van der Waals surface area contributed by atoms with Crippen molar-refractivity contribution in [3.05, 3.63) is 81.9 Å². The zero-order chi connectivity index (χ0) is 18.7. The molecule has 0 saturated carbocycles. The van der Waals surface area contributed by atoms with Gasteiger partial charge in [0.15, 0.2) is 5.78 Å². The van der Waals surface area contributed by atoms with Crippen molar-refractivity contribution in [1.82, 2.24) is 4.90 Å². The SMILES string of the molecule is Cc1ccccc1C=C1CN(C(C)C)CC(=Cc2ccccc2C)C1=O. The van der Waals surface area contributed by atoms with Gasteiger partial charge in [0.25, 0.3) is 0 Å². The van der Waals surface area contributed by atoms with E-state index in [0.717, 1.165) is 22.3 Å². The second kappa shape index (κ2) is 7.84. The van der Waals surface area contributed by atoms with Gasteiger partial charge in [-0.2, -0.15) is 0 Å². The van der Waals surface area contributed by atoms with Crippen LogP contribution in [0.1, 0.15) is 36.1 Å². The van der Waals surface area contributed by atoms with Crippen LogP contribution in [0.4, 0.5) is 0 Å². The van der Waals surface area contributed by atoms with Crippen LogP contribution in [-0.4, -0.2) is 29.8 Å². The number of carbonyl (C=O) groups excluding carboxylic acids is 1. The number of hydrogen-bond acceptors (Lipinski definition) is 2. The number of benzene rings is 2. The fraction of sp³-hybridized carbons (Fsp3) is 0.292. The Hall–Kier alpha value is -2.45. The Morgan fingerprint density at radius 3 is 1.62 bits per heavy atom. The second-order valence-corrected chi connectivity index (χ2v) is 7.38. The molecule has 1 heterocycles. The third kappa shape index (κ3) is 4.03. The molecule has 2 nitrogen and oxygen atoms in total. The molecule has 0 aromatic heterocycles. The van der Waals surface area contributed by atoms with E-state index in [1.54, 1.807) is 0 Å². The Bertz CT molecular complexity index is 806. The van der Waals surface area contributed by atoms with Crippen molar-refractivity contribution in [1.29, 1.82) is 0 Å². The van der Waals surface area contributed by atoms with Crippen molar-refractivity contribution in [3.8, 4) is 0 Å². The van der Waals surface area contributed by atoms with E-state index in [0.29, 0.717) is 19.1 Å². The largest absolute Gasteiger partial charge is 0.292 e. The summed E-state index contributed by atoms with van der Waals surface area (Å²) in [4.78, 5) is 15.5. The fourth-order valence-corrected chi connectivity index (χ4v) is 3.30. The highest BCUT2D eigenvalue weighted by Crippen LogP contribution is 2.25. The fourth-order valence-electron chi connectivity index (χ4n) is 3.30. The minimum Gasteiger partial charge on any atom is -0.292 e. The molecular weight excluding hydrogens is 318 g/mol. The summed E-state index contributed by atoms with van der Waals surface area (Å²) in [5.74, 6) is 0.174. The van der Waals surface area contributed by atoms with Crippen LogP contribution in [0.2, 0.25) is 0 Å². The molecule has 1 aliphatic rings. The summed E-state index contributed by atoms with van der Waals surface area (Å²) in [5.41, 5.74) is 6.38. The molecule has 0 unspecified atom stereocenters. The van der Waals surface area contributed by atoms with Crippen LogP contribution in [0, 0.1) is 13.8 Å². The molecule has 0 N–H and O–H groups in total. The van der Waals surface area contributed by atoms with E-state index in [1.165, 1.54) is 11.1 Å². The Kier molecular flexibility index (Phi) is 5.53. The summed E-state index contributed by atoms with van der Waals surface area (Å²) in [7, 11) is 0. The number of carbonyl (C=O) groups is 1. The third-order valence-corrected chi connectivity index (χ3v) is 5.10. The molecular formula is C24H27NO. The number of ketones is 1. The van der Waals surface area contributed by atoms with E-state index < -0.39 is 0 Å². The summed E-state index contributed by atoms with van der Waals surface area (Å²) < 4.78 is 0. The molecule has 134 valence electrons. The lowest BCUT2D eigenvalue weighted by Gasteiger charge is -2.33. The van der Waals surface area contributed by atoms with E-state index in [9.17, 15) is 4.79 Å². The quantitative estimate of drug-likeness (QED) is 0.724. The van der Waals surface area contributed by atoms with Gasteiger partial charge in [-0.05, 0) is 62.1 Å². The minimum absolute atomic E-state index is 0.174. The van der Waals surface area contributed by atoms with Gasteiger partial charge in [0.05, 0.1) is 0 Å². The second-order valence-electron chi connectivity index (χ2n) is 7.38. The normalized spacial score (nSPS) is 18.9. The van der Waals surface area contributed by atoms with Gasteiger partial charge in [0, 0.05) is 30.3 Å². The molecule has 3 rings (SSSR count). The Morgan fingerprint density at radius 2 is 1.23 bits per heavy atom. The Morgan fingerprint density at radius 1 is 0.808 bits per heavy atom. The van der Waals surface area contributed by atoms with Crippen LogP contribution in [0.5, 0.6) is 0 Å². The third-order valence-electron chi connectivity index (χ3n) is 5.10. The number of aryl methyl sites for hydroxylation is 2. The van der Waals surface area contributed by atoms with Crippen molar-refractivity contribution in [2.45, 2.75) is 33.7 Å². The summed E-state index contributed by atoms with van der Waals surface area (Å²) in [6.45, 7) is 9.96. The van der Waals surface area contributed by atoms with Gasteiger partial charge >= 0.3 is 0 Å². The van der Waals surface area contributed by atoms with Crippen LogP contribution in [0.25, 0.3) is 12.2 Å². The van der Waals surface area contributed by atoms with E-state index in [2.05, 4.69) is 69.0 Å². The van der Waals surface area contributed by atoms with Gasteiger partial charge in [-0.15, -0.1) is 0 Å². The van der Waals surface area contributed by atoms with Crippen molar-refractivity contribution in [3.63, 3.8) is 0 Å². The predicted molar refractivity (Wildman–Crippen MR) is 110 cm³/mol. The Labute approximate surface area is 156 Å². The zero-order valence-electron chi connectivity index (χ0n) is 16.1. The lowest BCUT2D eigenvalue weighted by Crippen LogP contribution is -2.41. The first kappa shape index (κ1) is 18.3. The molecule has 1 aliphatic heterocycles. The van der Waals surface area contributed by atoms with E-state index in [-0.39, 0.29) is 5.78 Å². The first-order chi connectivity index (χ1) is 12.5. The van der Waals surface area contributed by atoms with Gasteiger partial charge in [-0.1, -0.05) is 48.5 Å². The summed E-state index contributed by atoms with van der Waals surface area (Å²) in [6.07, 6.45) is 4.13. The maximum atomic E-state index is 13.2. The van der Waals surface area contributed by atoms with E-state index >= 15 is 0 Å². The van der Waals surface area contributed by atoms with Crippen molar-refractivity contribution in [2.24, 2.45) is 0 Å². The van der Waals surface area contributed by atoms with Crippen molar-refractivity contribution in [2.75, 3.05) is 13.1 Å². The molecule has 0 atom stereocenters. The predicted octanol–water partition coefficient (Wildman–Crippen LogP) is 5.06. The number of piperidine rings is 1. The molecule has 2 aromatic carbocycles. The highest BCUT2D eigenvalue weighted by atomic mass is 16.1. The van der Waals surface area contributed by atoms with E-state index in [1.807, 2.05) is 24.3 Å². The van der Waals surface area contributed by atoms with Gasteiger partial charge in [-0.3, -0.25) is 9.69 Å². The molecule has 0 bridgehead atoms. The monoisotopic (exact) mass is 345 g/mol. The van der Waals surface area contributed by atoms with Gasteiger partial charge in [-0.25, -0.2) is 0 Å². The molecule has 0 radical (unpaired) electrons. The van der Waals surface area contributed by atoms with Crippen molar-refractivity contribution < 1.29 is 4.79 Å². The van der Waals surface area contributed by atoms with E-state index in [4.69, 9.17) is 0 Å². The van der Waals surface area contributed by atoms with Crippen LogP contribution >= 0.6 is 0 Å². The molecule has 0 amide bonds.